The average Bonchev–Trinajstić information content (AvgIpc) is 2.42. The number of hydrogen-bond donors (Lipinski definition) is 1. The standard InChI is InChI=1S/C16H28O4.Ni/c1-2-3-4-5-6-7-8-9-10-11-14-20-16(19)13-12-15(17)18;/h11,14H,2-10,12-13H2,1H3,(H,17,18);. The van der Waals surface area contributed by atoms with Crippen LogP contribution >= 0.6 is 0 Å². The number of aliphatic carboxylic acids is 1. The van der Waals surface area contributed by atoms with Gasteiger partial charge in [-0.05, 0) is 18.9 Å². The van der Waals surface area contributed by atoms with Crippen molar-refractivity contribution >= 4 is 11.9 Å². The summed E-state index contributed by atoms with van der Waals surface area (Å²) >= 11 is 0. The Kier molecular flexibility index (Phi) is 18.4. The van der Waals surface area contributed by atoms with Gasteiger partial charge in [-0.25, -0.2) is 0 Å². The smallest absolute Gasteiger partial charge is 0.311 e. The first kappa shape index (κ1) is 22.5. The summed E-state index contributed by atoms with van der Waals surface area (Å²) in [5, 5.41) is 8.40. The van der Waals surface area contributed by atoms with E-state index in [9.17, 15) is 9.59 Å². The fourth-order valence-corrected chi connectivity index (χ4v) is 1.86. The predicted octanol–water partition coefficient (Wildman–Crippen LogP) is 4.44. The number of hydrogen-bond acceptors (Lipinski definition) is 3. The number of esters is 1. The van der Waals surface area contributed by atoms with Crippen molar-refractivity contribution in [3.63, 3.8) is 0 Å². The molecule has 0 amide bonds. The van der Waals surface area contributed by atoms with E-state index in [-0.39, 0.29) is 29.3 Å². The Labute approximate surface area is 138 Å². The maximum Gasteiger partial charge on any atom is 0.311 e. The van der Waals surface area contributed by atoms with Gasteiger partial charge in [0.05, 0.1) is 19.1 Å². The second-order valence-corrected chi connectivity index (χ2v) is 5.02. The van der Waals surface area contributed by atoms with E-state index in [1.165, 1.54) is 51.2 Å². The van der Waals surface area contributed by atoms with Crippen molar-refractivity contribution < 1.29 is 35.9 Å². The summed E-state index contributed by atoms with van der Waals surface area (Å²) in [7, 11) is 0. The minimum atomic E-state index is -0.982. The Bertz CT molecular complexity index is 290. The fourth-order valence-electron chi connectivity index (χ4n) is 1.86. The van der Waals surface area contributed by atoms with Gasteiger partial charge < -0.3 is 9.84 Å². The third kappa shape index (κ3) is 19.2. The van der Waals surface area contributed by atoms with Crippen LogP contribution in [-0.2, 0) is 30.8 Å². The number of unbranched alkanes of at least 4 members (excludes halogenated alkanes) is 8. The quantitative estimate of drug-likeness (QED) is 0.232. The molecule has 0 heterocycles. The van der Waals surface area contributed by atoms with Gasteiger partial charge in [-0.15, -0.1) is 0 Å². The molecular formula is C16H28NiO4. The molecule has 0 rings (SSSR count). The van der Waals surface area contributed by atoms with Crippen molar-refractivity contribution in [3.05, 3.63) is 12.3 Å². The van der Waals surface area contributed by atoms with E-state index in [4.69, 9.17) is 9.84 Å². The zero-order valence-corrected chi connectivity index (χ0v) is 13.9. The summed E-state index contributed by atoms with van der Waals surface area (Å²) in [5.41, 5.74) is 0. The molecule has 21 heavy (non-hydrogen) atoms. The van der Waals surface area contributed by atoms with Crippen molar-refractivity contribution in [2.24, 2.45) is 0 Å². The number of allylic oxidation sites excluding steroid dienone is 1. The van der Waals surface area contributed by atoms with Crippen molar-refractivity contribution in [2.45, 2.75) is 77.6 Å². The van der Waals surface area contributed by atoms with E-state index < -0.39 is 11.9 Å². The summed E-state index contributed by atoms with van der Waals surface area (Å²) in [6, 6.07) is 0. The summed E-state index contributed by atoms with van der Waals surface area (Å²) in [4.78, 5) is 21.3. The maximum atomic E-state index is 11.1. The van der Waals surface area contributed by atoms with Gasteiger partial charge in [0.2, 0.25) is 0 Å². The first-order valence-electron chi connectivity index (χ1n) is 7.73. The fraction of sp³-hybridized carbons (Fsp3) is 0.750. The van der Waals surface area contributed by atoms with E-state index in [1.807, 2.05) is 6.08 Å². The van der Waals surface area contributed by atoms with Crippen LogP contribution < -0.4 is 0 Å². The Hall–Kier alpha value is -0.826. The molecule has 0 saturated carbocycles. The molecule has 0 bridgehead atoms. The zero-order chi connectivity index (χ0) is 15.1. The van der Waals surface area contributed by atoms with Crippen molar-refractivity contribution in [2.75, 3.05) is 0 Å². The van der Waals surface area contributed by atoms with Gasteiger partial charge in [0.25, 0.3) is 0 Å². The topological polar surface area (TPSA) is 63.6 Å². The molecule has 0 aliphatic carbocycles. The minimum absolute atomic E-state index is 0. The molecule has 0 radical (unpaired) electrons. The normalized spacial score (nSPS) is 10.3. The first-order valence-corrected chi connectivity index (χ1v) is 7.73. The van der Waals surface area contributed by atoms with Crippen LogP contribution in [0.2, 0.25) is 0 Å². The van der Waals surface area contributed by atoms with Crippen molar-refractivity contribution in [3.8, 4) is 0 Å². The third-order valence-corrected chi connectivity index (χ3v) is 3.06. The van der Waals surface area contributed by atoms with Crippen LogP contribution in [-0.4, -0.2) is 17.0 Å². The molecule has 5 heteroatoms. The molecule has 0 aliphatic rings. The Morgan fingerprint density at radius 1 is 0.952 bits per heavy atom. The van der Waals surface area contributed by atoms with Crippen LogP contribution in [0.25, 0.3) is 0 Å². The second-order valence-electron chi connectivity index (χ2n) is 5.02. The van der Waals surface area contributed by atoms with Crippen LogP contribution in [0.15, 0.2) is 12.3 Å². The number of carbonyl (C=O) groups is 2. The van der Waals surface area contributed by atoms with Gasteiger partial charge in [-0.3, -0.25) is 9.59 Å². The van der Waals surface area contributed by atoms with Gasteiger partial charge >= 0.3 is 11.9 Å². The Morgan fingerprint density at radius 2 is 1.52 bits per heavy atom. The Balaban J connectivity index is 0. The molecule has 4 nitrogen and oxygen atoms in total. The molecule has 0 aromatic carbocycles. The van der Waals surface area contributed by atoms with Gasteiger partial charge in [0.15, 0.2) is 0 Å². The van der Waals surface area contributed by atoms with E-state index in [1.54, 1.807) is 0 Å². The second kappa shape index (κ2) is 17.2. The van der Waals surface area contributed by atoms with Crippen LogP contribution in [0.4, 0.5) is 0 Å². The van der Waals surface area contributed by atoms with Crippen LogP contribution in [0.3, 0.4) is 0 Å². The molecular weight excluding hydrogens is 315 g/mol. The zero-order valence-electron chi connectivity index (χ0n) is 12.9. The van der Waals surface area contributed by atoms with Gasteiger partial charge in [0.1, 0.15) is 0 Å². The predicted molar refractivity (Wildman–Crippen MR) is 79.3 cm³/mol. The average molecular weight is 343 g/mol. The van der Waals surface area contributed by atoms with E-state index in [0.717, 1.165) is 12.8 Å². The van der Waals surface area contributed by atoms with Crippen molar-refractivity contribution in [1.29, 1.82) is 0 Å². The number of carboxylic acid groups (broad SMARTS) is 1. The Morgan fingerprint density at radius 3 is 2.10 bits per heavy atom. The summed E-state index contributed by atoms with van der Waals surface area (Å²) < 4.78 is 4.78. The minimum Gasteiger partial charge on any atom is -0.481 e. The van der Waals surface area contributed by atoms with Crippen LogP contribution in [0.5, 0.6) is 0 Å². The molecule has 0 aliphatic heterocycles. The number of rotatable bonds is 13. The van der Waals surface area contributed by atoms with E-state index >= 15 is 0 Å². The molecule has 0 fully saturated rings. The SMILES string of the molecule is CCCCCCCCCCC=COC(=O)CCC(=O)O.[Ni]. The first-order chi connectivity index (χ1) is 9.66. The number of carbonyl (C=O) groups excluding carboxylic acids is 1. The molecule has 0 aromatic heterocycles. The number of carboxylic acids is 1. The molecule has 1 N–H and O–H groups in total. The van der Waals surface area contributed by atoms with Crippen LogP contribution in [0.1, 0.15) is 77.6 Å². The third-order valence-electron chi connectivity index (χ3n) is 3.06. The van der Waals surface area contributed by atoms with Crippen LogP contribution in [0, 0.1) is 0 Å². The van der Waals surface area contributed by atoms with Crippen molar-refractivity contribution in [1.82, 2.24) is 0 Å². The monoisotopic (exact) mass is 342 g/mol. The maximum absolute atomic E-state index is 11.1. The molecule has 126 valence electrons. The van der Waals surface area contributed by atoms with Gasteiger partial charge in [-0.2, -0.15) is 0 Å². The van der Waals surface area contributed by atoms with E-state index in [0.29, 0.717) is 0 Å². The van der Waals surface area contributed by atoms with Gasteiger partial charge in [0, 0.05) is 16.5 Å². The summed E-state index contributed by atoms with van der Waals surface area (Å²) in [6.45, 7) is 2.22. The summed E-state index contributed by atoms with van der Waals surface area (Å²) in [6.07, 6.45) is 14.1. The molecule has 0 atom stereocenters. The van der Waals surface area contributed by atoms with E-state index in [2.05, 4.69) is 6.92 Å². The molecule has 0 saturated heterocycles. The molecule has 0 spiro atoms. The summed E-state index contributed by atoms with van der Waals surface area (Å²) in [5.74, 6) is -1.47. The largest absolute Gasteiger partial charge is 0.481 e. The molecule has 0 aromatic rings. The number of ether oxygens (including phenoxy) is 1. The molecule has 0 unspecified atom stereocenters. The van der Waals surface area contributed by atoms with Gasteiger partial charge in [-0.1, -0.05) is 51.9 Å².